The van der Waals surface area contributed by atoms with E-state index in [1.165, 1.54) is 13.2 Å². The van der Waals surface area contributed by atoms with Crippen LogP contribution in [0.3, 0.4) is 0 Å². The number of carbonyl (C=O) groups is 1. The molecular formula is C20H17BrF2N2O2. The number of benzene rings is 2. The molecule has 0 radical (unpaired) electrons. The number of ether oxygens (including phenoxy) is 1. The molecule has 0 fully saturated rings. The van der Waals surface area contributed by atoms with Gasteiger partial charge in [-0.2, -0.15) is 0 Å². The van der Waals surface area contributed by atoms with Gasteiger partial charge in [0.15, 0.2) is 0 Å². The first-order chi connectivity index (χ1) is 13.0. The molecule has 2 aromatic carbocycles. The van der Waals surface area contributed by atoms with Gasteiger partial charge in [-0.05, 0) is 46.6 Å². The van der Waals surface area contributed by atoms with Gasteiger partial charge >= 0.3 is 0 Å². The molecule has 140 valence electrons. The Balaban J connectivity index is 2.07. The molecule has 0 bridgehead atoms. The highest BCUT2D eigenvalue weighted by atomic mass is 79.9. The molecule has 1 heterocycles. The number of rotatable bonds is 4. The molecule has 1 aliphatic rings. The van der Waals surface area contributed by atoms with Gasteiger partial charge in [-0.25, -0.2) is 8.78 Å². The minimum atomic E-state index is -0.816. The molecule has 27 heavy (non-hydrogen) atoms. The van der Waals surface area contributed by atoms with Crippen LogP contribution in [-0.2, 0) is 9.53 Å². The van der Waals surface area contributed by atoms with Crippen LogP contribution in [0.15, 0.2) is 65.1 Å². The number of para-hydroxylation sites is 1. The van der Waals surface area contributed by atoms with Crippen molar-refractivity contribution in [2.75, 3.05) is 12.0 Å². The van der Waals surface area contributed by atoms with Crippen molar-refractivity contribution in [3.63, 3.8) is 0 Å². The fourth-order valence-electron chi connectivity index (χ4n) is 2.90. The van der Waals surface area contributed by atoms with Crippen molar-refractivity contribution in [3.8, 4) is 0 Å². The average Bonchev–Trinajstić information content (AvgIpc) is 2.66. The van der Waals surface area contributed by atoms with Gasteiger partial charge < -0.3 is 4.74 Å². The summed E-state index contributed by atoms with van der Waals surface area (Å²) in [7, 11) is 1.43. The Morgan fingerprint density at radius 3 is 2.30 bits per heavy atom. The minimum absolute atomic E-state index is 0.0727. The van der Waals surface area contributed by atoms with E-state index >= 15 is 0 Å². The van der Waals surface area contributed by atoms with Crippen molar-refractivity contribution in [1.82, 2.24) is 4.90 Å². The van der Waals surface area contributed by atoms with Crippen molar-refractivity contribution >= 4 is 33.6 Å². The number of methoxy groups -OCH3 is 1. The first kappa shape index (κ1) is 19.1. The fourth-order valence-corrected chi connectivity index (χ4v) is 3.46. The lowest BCUT2D eigenvalue weighted by molar-refractivity contribution is -0.116. The molecule has 1 aliphatic heterocycles. The Bertz CT molecular complexity index is 895. The Morgan fingerprint density at radius 2 is 1.70 bits per heavy atom. The summed E-state index contributed by atoms with van der Waals surface area (Å²) in [5.41, 5.74) is 0.525. The molecule has 0 saturated heterocycles. The van der Waals surface area contributed by atoms with E-state index in [-0.39, 0.29) is 10.4 Å². The maximum Gasteiger partial charge on any atom is 0.272 e. The van der Waals surface area contributed by atoms with Crippen molar-refractivity contribution in [3.05, 3.63) is 82.3 Å². The van der Waals surface area contributed by atoms with Gasteiger partial charge in [0, 0.05) is 6.20 Å². The molecule has 1 unspecified atom stereocenters. The first-order valence-electron chi connectivity index (χ1n) is 8.18. The smallest absolute Gasteiger partial charge is 0.272 e. The number of halogens is 3. The first-order valence-corrected chi connectivity index (χ1v) is 8.98. The predicted octanol–water partition coefficient (Wildman–Crippen LogP) is 4.84. The lowest BCUT2D eigenvalue weighted by Gasteiger charge is -2.41. The van der Waals surface area contributed by atoms with E-state index in [9.17, 15) is 13.6 Å². The van der Waals surface area contributed by atoms with Gasteiger partial charge in [-0.15, -0.1) is 0 Å². The van der Waals surface area contributed by atoms with Gasteiger partial charge in [0.1, 0.15) is 28.0 Å². The Hall–Kier alpha value is -2.67. The molecule has 3 rings (SSSR count). The van der Waals surface area contributed by atoms with E-state index in [2.05, 4.69) is 15.9 Å². The number of amides is 1. The van der Waals surface area contributed by atoms with E-state index in [0.29, 0.717) is 0 Å². The summed E-state index contributed by atoms with van der Waals surface area (Å²) in [6.07, 6.45) is 2.81. The monoisotopic (exact) mass is 434 g/mol. The molecule has 0 aliphatic carbocycles. The van der Waals surface area contributed by atoms with E-state index in [1.54, 1.807) is 18.0 Å². The Kier molecular flexibility index (Phi) is 5.60. The van der Waals surface area contributed by atoms with Crippen LogP contribution in [0.2, 0.25) is 0 Å². The fraction of sp³-hybridized carbons (Fsp3) is 0.150. The topological polar surface area (TPSA) is 32.8 Å². The maximum absolute atomic E-state index is 14.3. The summed E-state index contributed by atoms with van der Waals surface area (Å²) in [5, 5.41) is 0. The van der Waals surface area contributed by atoms with Gasteiger partial charge in [-0.3, -0.25) is 14.6 Å². The maximum atomic E-state index is 14.3. The van der Waals surface area contributed by atoms with Crippen molar-refractivity contribution < 1.29 is 18.3 Å². The third-order valence-electron chi connectivity index (χ3n) is 4.20. The van der Waals surface area contributed by atoms with Gasteiger partial charge in [0.2, 0.25) is 5.88 Å². The number of hydrogen-bond acceptors (Lipinski definition) is 3. The summed E-state index contributed by atoms with van der Waals surface area (Å²) in [6.45, 7) is 1.66. The highest BCUT2D eigenvalue weighted by Gasteiger charge is 2.39. The van der Waals surface area contributed by atoms with Crippen LogP contribution in [-0.4, -0.2) is 24.1 Å². The average molecular weight is 435 g/mol. The van der Waals surface area contributed by atoms with Crippen LogP contribution in [0, 0.1) is 11.6 Å². The van der Waals surface area contributed by atoms with Crippen LogP contribution < -0.4 is 4.90 Å². The number of hydrogen-bond donors (Lipinski definition) is 0. The SMILES string of the molecule is COC1=C(Br)C(=O)N(c2c(F)cccc2F)C(C)N1/C=C/c1ccccc1. The molecule has 1 amide bonds. The van der Waals surface area contributed by atoms with Crippen molar-refractivity contribution in [2.45, 2.75) is 13.1 Å². The second-order valence-electron chi connectivity index (χ2n) is 5.83. The number of carbonyl (C=O) groups excluding carboxylic acids is 1. The molecule has 1 atom stereocenters. The summed E-state index contributed by atoms with van der Waals surface area (Å²) in [6, 6.07) is 13.0. The third-order valence-corrected chi connectivity index (χ3v) is 4.88. The molecule has 0 spiro atoms. The van der Waals surface area contributed by atoms with Crippen LogP contribution in [0.1, 0.15) is 12.5 Å². The molecule has 2 aromatic rings. The molecular weight excluding hydrogens is 418 g/mol. The lowest BCUT2D eigenvalue weighted by atomic mass is 10.2. The third kappa shape index (κ3) is 3.60. The predicted molar refractivity (Wildman–Crippen MR) is 104 cm³/mol. The van der Waals surface area contributed by atoms with Crippen LogP contribution in [0.5, 0.6) is 0 Å². The minimum Gasteiger partial charge on any atom is -0.481 e. The summed E-state index contributed by atoms with van der Waals surface area (Å²) in [5.74, 6) is -1.97. The standard InChI is InChI=1S/C20H17BrF2N2O2/c1-13-24(12-11-14-7-4-3-5-8-14)20(27-2)17(21)19(26)25(13)18-15(22)9-6-10-16(18)23/h3-13H,1-2H3/b12-11+. The zero-order valence-electron chi connectivity index (χ0n) is 14.7. The molecule has 0 aromatic heterocycles. The summed E-state index contributed by atoms with van der Waals surface area (Å²) < 4.78 is 34.1. The van der Waals surface area contributed by atoms with E-state index in [1.807, 2.05) is 36.4 Å². The second-order valence-corrected chi connectivity index (χ2v) is 6.63. The van der Waals surface area contributed by atoms with Gasteiger partial charge in [0.05, 0.1) is 7.11 Å². The highest BCUT2D eigenvalue weighted by molar-refractivity contribution is 9.12. The Morgan fingerprint density at radius 1 is 1.07 bits per heavy atom. The molecule has 4 nitrogen and oxygen atoms in total. The number of anilines is 1. The summed E-state index contributed by atoms with van der Waals surface area (Å²) >= 11 is 3.20. The second kappa shape index (κ2) is 7.92. The summed E-state index contributed by atoms with van der Waals surface area (Å²) in [4.78, 5) is 15.5. The number of nitrogens with zero attached hydrogens (tertiary/aromatic N) is 2. The quantitative estimate of drug-likeness (QED) is 0.689. The molecule has 0 saturated carbocycles. The normalized spacial score (nSPS) is 17.8. The zero-order chi connectivity index (χ0) is 19.6. The van der Waals surface area contributed by atoms with E-state index in [0.717, 1.165) is 22.6 Å². The van der Waals surface area contributed by atoms with Crippen LogP contribution >= 0.6 is 15.9 Å². The van der Waals surface area contributed by atoms with Crippen LogP contribution in [0.4, 0.5) is 14.5 Å². The van der Waals surface area contributed by atoms with Crippen molar-refractivity contribution in [1.29, 1.82) is 0 Å². The van der Waals surface area contributed by atoms with Crippen molar-refractivity contribution in [2.24, 2.45) is 0 Å². The highest BCUT2D eigenvalue weighted by Crippen LogP contribution is 2.35. The molecule has 7 heteroatoms. The largest absolute Gasteiger partial charge is 0.481 e. The van der Waals surface area contributed by atoms with E-state index in [4.69, 9.17) is 4.74 Å². The van der Waals surface area contributed by atoms with Crippen LogP contribution in [0.25, 0.3) is 6.08 Å². The zero-order valence-corrected chi connectivity index (χ0v) is 16.3. The van der Waals surface area contributed by atoms with E-state index < -0.39 is 29.4 Å². The molecule has 0 N–H and O–H groups in total. The van der Waals surface area contributed by atoms with Gasteiger partial charge in [0.25, 0.3) is 5.91 Å². The van der Waals surface area contributed by atoms with Gasteiger partial charge in [-0.1, -0.05) is 36.4 Å². The lowest BCUT2D eigenvalue weighted by Crippen LogP contribution is -2.52. The Labute approximate surface area is 164 Å².